The maximum absolute atomic E-state index is 12.5. The number of ether oxygens (including phenoxy) is 1. The number of aromatic nitrogens is 1. The van der Waals surface area contributed by atoms with Gasteiger partial charge in [-0.2, -0.15) is 0 Å². The standard InChI is InChI=1S/C17H16N2O4S/c1-2-22-14-8-10-15(11-9-14)24(20,21)19-17-16(12-18-23-17)13-6-4-3-5-7-13/h3-12,19H,2H2,1H3. The molecule has 0 spiro atoms. The van der Waals surface area contributed by atoms with Crippen LogP contribution >= 0.6 is 0 Å². The van der Waals surface area contributed by atoms with Crippen molar-refractivity contribution in [1.29, 1.82) is 0 Å². The topological polar surface area (TPSA) is 81.4 Å². The van der Waals surface area contributed by atoms with Crippen molar-refractivity contribution < 1.29 is 17.7 Å². The second-order valence-electron chi connectivity index (χ2n) is 4.94. The van der Waals surface area contributed by atoms with Crippen molar-refractivity contribution in [2.75, 3.05) is 11.3 Å². The number of hydrogen-bond donors (Lipinski definition) is 1. The van der Waals surface area contributed by atoms with Crippen LogP contribution < -0.4 is 9.46 Å². The lowest BCUT2D eigenvalue weighted by atomic mass is 10.1. The second-order valence-corrected chi connectivity index (χ2v) is 6.63. The van der Waals surface area contributed by atoms with Crippen molar-refractivity contribution >= 4 is 15.9 Å². The maximum Gasteiger partial charge on any atom is 0.264 e. The van der Waals surface area contributed by atoms with E-state index in [0.29, 0.717) is 17.9 Å². The molecule has 0 fully saturated rings. The second kappa shape index (κ2) is 6.76. The van der Waals surface area contributed by atoms with E-state index in [2.05, 4.69) is 9.88 Å². The molecule has 7 heteroatoms. The molecule has 124 valence electrons. The Bertz CT molecular complexity index is 903. The van der Waals surface area contributed by atoms with Crippen LogP contribution in [0.4, 0.5) is 5.88 Å². The summed E-state index contributed by atoms with van der Waals surface area (Å²) in [5.41, 5.74) is 1.38. The van der Waals surface area contributed by atoms with Gasteiger partial charge in [-0.25, -0.2) is 13.1 Å². The summed E-state index contributed by atoms with van der Waals surface area (Å²) in [6.45, 7) is 2.38. The third-order valence-corrected chi connectivity index (χ3v) is 4.67. The molecule has 0 unspecified atom stereocenters. The monoisotopic (exact) mass is 344 g/mol. The zero-order valence-corrected chi connectivity index (χ0v) is 13.8. The van der Waals surface area contributed by atoms with E-state index in [1.54, 1.807) is 12.1 Å². The molecule has 0 radical (unpaired) electrons. The molecule has 0 amide bonds. The molecular formula is C17H16N2O4S. The Kier molecular flexibility index (Phi) is 4.52. The number of rotatable bonds is 6. The molecule has 0 saturated carbocycles. The molecular weight excluding hydrogens is 328 g/mol. The van der Waals surface area contributed by atoms with E-state index in [0.717, 1.165) is 5.56 Å². The molecule has 1 heterocycles. The number of anilines is 1. The lowest BCUT2D eigenvalue weighted by Gasteiger charge is -2.08. The van der Waals surface area contributed by atoms with Crippen LogP contribution in [0.1, 0.15) is 6.92 Å². The van der Waals surface area contributed by atoms with Gasteiger partial charge >= 0.3 is 0 Å². The van der Waals surface area contributed by atoms with Crippen molar-refractivity contribution in [3.8, 4) is 16.9 Å². The zero-order valence-electron chi connectivity index (χ0n) is 13.0. The summed E-state index contributed by atoms with van der Waals surface area (Å²) in [7, 11) is -3.78. The molecule has 0 bridgehead atoms. The van der Waals surface area contributed by atoms with Gasteiger partial charge in [0.05, 0.1) is 23.3 Å². The highest BCUT2D eigenvalue weighted by Gasteiger charge is 2.19. The molecule has 1 N–H and O–H groups in total. The van der Waals surface area contributed by atoms with Crippen molar-refractivity contribution in [1.82, 2.24) is 5.16 Å². The van der Waals surface area contributed by atoms with Gasteiger partial charge in [0.25, 0.3) is 10.0 Å². The Hall–Kier alpha value is -2.80. The predicted octanol–water partition coefficient (Wildman–Crippen LogP) is 3.54. The van der Waals surface area contributed by atoms with Crippen LogP contribution in [-0.4, -0.2) is 20.2 Å². The van der Waals surface area contributed by atoms with Gasteiger partial charge in [-0.15, -0.1) is 0 Å². The van der Waals surface area contributed by atoms with Crippen LogP contribution in [0.5, 0.6) is 5.75 Å². The van der Waals surface area contributed by atoms with E-state index >= 15 is 0 Å². The lowest BCUT2D eigenvalue weighted by molar-refractivity contribution is 0.340. The van der Waals surface area contributed by atoms with Gasteiger partial charge in [0.1, 0.15) is 5.75 Å². The average molecular weight is 344 g/mol. The van der Waals surface area contributed by atoms with Crippen LogP contribution in [0.15, 0.2) is 70.2 Å². The van der Waals surface area contributed by atoms with Crippen molar-refractivity contribution in [3.05, 3.63) is 60.8 Å². The quantitative estimate of drug-likeness (QED) is 0.739. The van der Waals surface area contributed by atoms with Gasteiger partial charge in [0.2, 0.25) is 5.88 Å². The van der Waals surface area contributed by atoms with Crippen LogP contribution in [0.3, 0.4) is 0 Å². The first-order valence-electron chi connectivity index (χ1n) is 7.36. The van der Waals surface area contributed by atoms with Gasteiger partial charge in [-0.05, 0) is 36.8 Å². The van der Waals surface area contributed by atoms with E-state index in [1.165, 1.54) is 18.3 Å². The summed E-state index contributed by atoms with van der Waals surface area (Å²) < 4.78 is 37.8. The van der Waals surface area contributed by atoms with Gasteiger partial charge in [0.15, 0.2) is 0 Å². The maximum atomic E-state index is 12.5. The third-order valence-electron chi connectivity index (χ3n) is 3.33. The number of benzene rings is 2. The van der Waals surface area contributed by atoms with Crippen molar-refractivity contribution in [3.63, 3.8) is 0 Å². The van der Waals surface area contributed by atoms with Gasteiger partial charge in [0, 0.05) is 0 Å². The largest absolute Gasteiger partial charge is 0.494 e. The summed E-state index contributed by atoms with van der Waals surface area (Å²) in [5.74, 6) is 0.691. The molecule has 0 aliphatic rings. The van der Waals surface area contributed by atoms with E-state index in [1.807, 2.05) is 37.3 Å². The summed E-state index contributed by atoms with van der Waals surface area (Å²) in [6.07, 6.45) is 1.48. The smallest absolute Gasteiger partial charge is 0.264 e. The normalized spacial score (nSPS) is 11.2. The molecule has 0 saturated heterocycles. The molecule has 24 heavy (non-hydrogen) atoms. The minimum absolute atomic E-state index is 0.0788. The Labute approximate surface area is 140 Å². The number of nitrogens with zero attached hydrogens (tertiary/aromatic N) is 1. The summed E-state index contributed by atoms with van der Waals surface area (Å²) >= 11 is 0. The van der Waals surface area contributed by atoms with Gasteiger partial charge in [-0.1, -0.05) is 35.5 Å². The number of sulfonamides is 1. The molecule has 3 aromatic rings. The Morgan fingerprint density at radius 3 is 2.46 bits per heavy atom. The van der Waals surface area contributed by atoms with E-state index in [9.17, 15) is 8.42 Å². The molecule has 2 aromatic carbocycles. The lowest BCUT2D eigenvalue weighted by Crippen LogP contribution is -2.13. The highest BCUT2D eigenvalue weighted by molar-refractivity contribution is 7.92. The average Bonchev–Trinajstić information content (AvgIpc) is 3.04. The zero-order chi connectivity index (χ0) is 17.0. The molecule has 6 nitrogen and oxygen atoms in total. The SMILES string of the molecule is CCOc1ccc(S(=O)(=O)Nc2oncc2-c2ccccc2)cc1. The van der Waals surface area contributed by atoms with Gasteiger partial charge in [-0.3, -0.25) is 0 Å². The minimum atomic E-state index is -3.78. The Balaban J connectivity index is 1.87. The number of hydrogen-bond acceptors (Lipinski definition) is 5. The summed E-state index contributed by atoms with van der Waals surface area (Å²) in [6, 6.07) is 15.5. The number of nitrogens with one attached hydrogen (secondary N) is 1. The molecule has 3 rings (SSSR count). The fourth-order valence-electron chi connectivity index (χ4n) is 2.20. The van der Waals surface area contributed by atoms with Crippen molar-refractivity contribution in [2.24, 2.45) is 0 Å². The molecule has 0 atom stereocenters. The fraction of sp³-hybridized carbons (Fsp3) is 0.118. The highest BCUT2D eigenvalue weighted by Crippen LogP contribution is 2.29. The van der Waals surface area contributed by atoms with E-state index in [-0.39, 0.29) is 10.8 Å². The first-order valence-corrected chi connectivity index (χ1v) is 8.84. The van der Waals surface area contributed by atoms with Crippen LogP contribution in [0, 0.1) is 0 Å². The third kappa shape index (κ3) is 3.41. The minimum Gasteiger partial charge on any atom is -0.494 e. The Morgan fingerprint density at radius 1 is 1.08 bits per heavy atom. The first kappa shape index (κ1) is 16.1. The highest BCUT2D eigenvalue weighted by atomic mass is 32.2. The molecule has 0 aliphatic carbocycles. The predicted molar refractivity (Wildman–Crippen MR) is 90.4 cm³/mol. The van der Waals surface area contributed by atoms with Crippen molar-refractivity contribution in [2.45, 2.75) is 11.8 Å². The first-order chi connectivity index (χ1) is 11.6. The van der Waals surface area contributed by atoms with E-state index < -0.39 is 10.0 Å². The molecule has 1 aromatic heterocycles. The van der Waals surface area contributed by atoms with Crippen LogP contribution in [0.2, 0.25) is 0 Å². The summed E-state index contributed by atoms with van der Waals surface area (Å²) in [5, 5.41) is 3.69. The Morgan fingerprint density at radius 2 is 1.79 bits per heavy atom. The fourth-order valence-corrected chi connectivity index (χ4v) is 3.20. The molecule has 0 aliphatic heterocycles. The van der Waals surface area contributed by atoms with Gasteiger partial charge < -0.3 is 9.26 Å². The van der Waals surface area contributed by atoms with E-state index in [4.69, 9.17) is 9.26 Å². The van der Waals surface area contributed by atoms with Crippen LogP contribution in [-0.2, 0) is 10.0 Å². The summed E-state index contributed by atoms with van der Waals surface area (Å²) in [4.78, 5) is 0.112. The van der Waals surface area contributed by atoms with Crippen LogP contribution in [0.25, 0.3) is 11.1 Å².